The van der Waals surface area contributed by atoms with E-state index in [2.05, 4.69) is 0 Å². The minimum Gasteiger partial charge on any atom is -0.497 e. The summed E-state index contributed by atoms with van der Waals surface area (Å²) in [6.45, 7) is 3.38. The molecule has 0 radical (unpaired) electrons. The Morgan fingerprint density at radius 3 is 2.29 bits per heavy atom. The number of nitrogens with zero attached hydrogens (tertiary/aromatic N) is 1. The molecule has 0 heterocycles. The minimum atomic E-state index is -4.08. The Balaban J connectivity index is 2.25. The molecule has 3 aromatic rings. The Morgan fingerprint density at radius 2 is 1.68 bits per heavy atom. The summed E-state index contributed by atoms with van der Waals surface area (Å²) >= 11 is 6.21. The van der Waals surface area contributed by atoms with Crippen LogP contribution >= 0.6 is 11.6 Å². The molecule has 0 aliphatic heterocycles. The van der Waals surface area contributed by atoms with E-state index < -0.39 is 21.9 Å². The third-order valence-corrected chi connectivity index (χ3v) is 7.53. The third-order valence-electron chi connectivity index (χ3n) is 5.07. The highest BCUT2D eigenvalue weighted by Gasteiger charge is 2.33. The maximum atomic E-state index is 13.9. The van der Waals surface area contributed by atoms with Crippen molar-refractivity contribution in [3.8, 4) is 11.5 Å². The first-order chi connectivity index (χ1) is 14.7. The van der Waals surface area contributed by atoms with Crippen LogP contribution in [0.2, 0.25) is 5.02 Å². The van der Waals surface area contributed by atoms with Crippen LogP contribution in [0.25, 0.3) is 0 Å². The fourth-order valence-corrected chi connectivity index (χ4v) is 5.54. The second kappa shape index (κ2) is 9.16. The van der Waals surface area contributed by atoms with Crippen LogP contribution in [0.1, 0.15) is 24.1 Å². The van der Waals surface area contributed by atoms with Crippen molar-refractivity contribution < 1.29 is 22.3 Å². The summed E-state index contributed by atoms with van der Waals surface area (Å²) in [5, 5.41) is 0.340. The Kier molecular flexibility index (Phi) is 6.77. The molecular formula is C23H23ClFNO4S. The number of anilines is 1. The Bertz CT molecular complexity index is 1180. The van der Waals surface area contributed by atoms with E-state index in [4.69, 9.17) is 21.1 Å². The van der Waals surface area contributed by atoms with Gasteiger partial charge in [-0.25, -0.2) is 12.8 Å². The summed E-state index contributed by atoms with van der Waals surface area (Å²) in [7, 11) is -1.04. The minimum absolute atomic E-state index is 0.0676. The van der Waals surface area contributed by atoms with Crippen LogP contribution in [0, 0.1) is 12.7 Å². The van der Waals surface area contributed by atoms with E-state index in [1.165, 1.54) is 48.9 Å². The van der Waals surface area contributed by atoms with E-state index in [0.29, 0.717) is 33.3 Å². The first kappa shape index (κ1) is 22.9. The monoisotopic (exact) mass is 463 g/mol. The zero-order chi connectivity index (χ0) is 22.8. The highest BCUT2D eigenvalue weighted by molar-refractivity contribution is 7.93. The molecule has 5 nitrogen and oxygen atoms in total. The molecule has 0 aromatic heterocycles. The number of methoxy groups -OCH3 is 2. The molecule has 1 atom stereocenters. The van der Waals surface area contributed by atoms with Crippen molar-refractivity contribution in [3.05, 3.63) is 82.6 Å². The first-order valence-electron chi connectivity index (χ1n) is 9.47. The molecule has 1 unspecified atom stereocenters. The average Bonchev–Trinajstić information content (AvgIpc) is 2.76. The SMILES string of the molecule is COc1ccc(OC)c(C(C)N(c2ccc(F)cc2)S(=O)(=O)c2cccc(Cl)c2C)c1. The van der Waals surface area contributed by atoms with Gasteiger partial charge in [0, 0.05) is 10.6 Å². The van der Waals surface area contributed by atoms with Crippen LogP contribution in [0.15, 0.2) is 65.6 Å². The van der Waals surface area contributed by atoms with Gasteiger partial charge in [-0.1, -0.05) is 17.7 Å². The van der Waals surface area contributed by atoms with E-state index in [-0.39, 0.29) is 4.90 Å². The van der Waals surface area contributed by atoms with Crippen LogP contribution in [-0.2, 0) is 10.0 Å². The fourth-order valence-electron chi connectivity index (χ4n) is 3.42. The molecule has 0 aliphatic rings. The topological polar surface area (TPSA) is 55.8 Å². The van der Waals surface area contributed by atoms with Crippen molar-refractivity contribution in [2.45, 2.75) is 24.8 Å². The lowest BCUT2D eigenvalue weighted by molar-refractivity contribution is 0.396. The quantitative estimate of drug-likeness (QED) is 0.447. The number of rotatable bonds is 7. The van der Waals surface area contributed by atoms with Crippen molar-refractivity contribution >= 4 is 27.3 Å². The molecule has 0 bridgehead atoms. The van der Waals surface area contributed by atoms with E-state index in [1.807, 2.05) is 0 Å². The molecular weight excluding hydrogens is 441 g/mol. The van der Waals surface area contributed by atoms with Crippen molar-refractivity contribution in [2.75, 3.05) is 18.5 Å². The Labute approximate surface area is 187 Å². The molecule has 3 aromatic carbocycles. The second-order valence-electron chi connectivity index (χ2n) is 6.92. The number of hydrogen-bond donors (Lipinski definition) is 0. The molecule has 0 amide bonds. The van der Waals surface area contributed by atoms with Gasteiger partial charge in [0.1, 0.15) is 17.3 Å². The molecule has 0 N–H and O–H groups in total. The summed E-state index contributed by atoms with van der Waals surface area (Å²) in [5.74, 6) is 0.586. The van der Waals surface area contributed by atoms with Crippen molar-refractivity contribution in [1.82, 2.24) is 0 Å². The van der Waals surface area contributed by atoms with Gasteiger partial charge in [0.25, 0.3) is 10.0 Å². The van der Waals surface area contributed by atoms with Gasteiger partial charge < -0.3 is 9.47 Å². The summed E-state index contributed by atoms with van der Waals surface area (Å²) in [6.07, 6.45) is 0. The van der Waals surface area contributed by atoms with Crippen LogP contribution in [0.4, 0.5) is 10.1 Å². The van der Waals surface area contributed by atoms with Gasteiger partial charge in [0.2, 0.25) is 0 Å². The number of ether oxygens (including phenoxy) is 2. The number of halogens is 2. The zero-order valence-corrected chi connectivity index (χ0v) is 19.2. The normalized spacial score (nSPS) is 12.3. The Hall–Kier alpha value is -2.77. The van der Waals surface area contributed by atoms with Gasteiger partial charge in [-0.2, -0.15) is 0 Å². The highest BCUT2D eigenvalue weighted by atomic mass is 35.5. The van der Waals surface area contributed by atoms with E-state index in [9.17, 15) is 12.8 Å². The molecule has 0 aliphatic carbocycles. The second-order valence-corrected chi connectivity index (χ2v) is 9.11. The van der Waals surface area contributed by atoms with E-state index in [0.717, 1.165) is 0 Å². The van der Waals surface area contributed by atoms with Crippen molar-refractivity contribution in [1.29, 1.82) is 0 Å². The van der Waals surface area contributed by atoms with Crippen LogP contribution in [0.3, 0.4) is 0 Å². The van der Waals surface area contributed by atoms with Crippen LogP contribution < -0.4 is 13.8 Å². The van der Waals surface area contributed by atoms with E-state index >= 15 is 0 Å². The number of sulfonamides is 1. The van der Waals surface area contributed by atoms with Gasteiger partial charge >= 0.3 is 0 Å². The number of hydrogen-bond acceptors (Lipinski definition) is 4. The lowest BCUT2D eigenvalue weighted by Crippen LogP contribution is -2.34. The zero-order valence-electron chi connectivity index (χ0n) is 17.6. The fraction of sp³-hybridized carbons (Fsp3) is 0.217. The molecule has 31 heavy (non-hydrogen) atoms. The molecule has 0 spiro atoms. The number of benzene rings is 3. The Morgan fingerprint density at radius 1 is 1.00 bits per heavy atom. The lowest BCUT2D eigenvalue weighted by Gasteiger charge is -2.32. The standard InChI is InChI=1S/C23H23ClFNO4S/c1-15-21(24)6-5-7-23(15)31(27,28)26(18-10-8-17(25)9-11-18)16(2)20-14-19(29-3)12-13-22(20)30-4/h5-14,16H,1-4H3. The average molecular weight is 464 g/mol. The summed E-state index contributed by atoms with van der Waals surface area (Å²) in [4.78, 5) is 0.0676. The third kappa shape index (κ3) is 4.48. The maximum absolute atomic E-state index is 13.9. The van der Waals surface area contributed by atoms with Gasteiger partial charge in [-0.05, 0) is 74.0 Å². The maximum Gasteiger partial charge on any atom is 0.265 e. The van der Waals surface area contributed by atoms with Crippen LogP contribution in [0.5, 0.6) is 11.5 Å². The van der Waals surface area contributed by atoms with Gasteiger partial charge in [-0.15, -0.1) is 0 Å². The molecule has 3 rings (SSSR count). The first-order valence-corrected chi connectivity index (χ1v) is 11.3. The summed E-state index contributed by atoms with van der Waals surface area (Å²) in [5.41, 5.74) is 1.33. The lowest BCUT2D eigenvalue weighted by atomic mass is 10.1. The summed E-state index contributed by atoms with van der Waals surface area (Å²) < 4.78 is 53.4. The van der Waals surface area contributed by atoms with E-state index in [1.54, 1.807) is 44.2 Å². The molecule has 164 valence electrons. The predicted octanol–water partition coefficient (Wildman–Crippen LogP) is 5.76. The van der Waals surface area contributed by atoms with Crippen LogP contribution in [-0.4, -0.2) is 22.6 Å². The predicted molar refractivity (Wildman–Crippen MR) is 120 cm³/mol. The van der Waals surface area contributed by atoms with Gasteiger partial charge in [-0.3, -0.25) is 4.31 Å². The highest BCUT2D eigenvalue weighted by Crippen LogP contribution is 2.39. The van der Waals surface area contributed by atoms with Gasteiger partial charge in [0.15, 0.2) is 0 Å². The molecule has 8 heteroatoms. The van der Waals surface area contributed by atoms with Crippen molar-refractivity contribution in [2.24, 2.45) is 0 Å². The smallest absolute Gasteiger partial charge is 0.265 e. The van der Waals surface area contributed by atoms with Gasteiger partial charge in [0.05, 0.1) is 30.8 Å². The summed E-state index contributed by atoms with van der Waals surface area (Å²) in [6, 6.07) is 14.5. The largest absolute Gasteiger partial charge is 0.497 e. The van der Waals surface area contributed by atoms with Crippen molar-refractivity contribution in [3.63, 3.8) is 0 Å². The molecule has 0 fully saturated rings. The molecule has 0 saturated carbocycles. The molecule has 0 saturated heterocycles.